The Bertz CT molecular complexity index is 1060. The number of ether oxygens (including phenoxy) is 1. The third-order valence-electron chi connectivity index (χ3n) is 8.55. The van der Waals surface area contributed by atoms with Crippen LogP contribution in [0.15, 0.2) is 42.5 Å². The van der Waals surface area contributed by atoms with E-state index in [-0.39, 0.29) is 17.4 Å². The molecule has 6 nitrogen and oxygen atoms in total. The van der Waals surface area contributed by atoms with Crippen LogP contribution in [0, 0.1) is 11.8 Å². The van der Waals surface area contributed by atoms with Crippen molar-refractivity contribution >= 4 is 5.91 Å². The summed E-state index contributed by atoms with van der Waals surface area (Å²) in [6.07, 6.45) is 1.98. The average Bonchev–Trinajstić information content (AvgIpc) is 2.85. The number of nitrogens with one attached hydrogen (secondary N) is 1. The molecule has 1 saturated heterocycles. The van der Waals surface area contributed by atoms with E-state index in [9.17, 15) is 9.90 Å². The highest BCUT2D eigenvalue weighted by atomic mass is 16.5. The molecule has 6 heteroatoms. The van der Waals surface area contributed by atoms with Crippen LogP contribution in [0.4, 0.5) is 0 Å². The van der Waals surface area contributed by atoms with Crippen LogP contribution in [-0.4, -0.2) is 66.7 Å². The van der Waals surface area contributed by atoms with Crippen molar-refractivity contribution in [3.05, 3.63) is 59.2 Å². The maximum atomic E-state index is 13.0. The Balaban J connectivity index is 1.31. The first-order chi connectivity index (χ1) is 17.2. The number of benzene rings is 2. The van der Waals surface area contributed by atoms with Gasteiger partial charge in [-0.1, -0.05) is 45.9 Å². The third kappa shape index (κ3) is 6.04. The van der Waals surface area contributed by atoms with Crippen molar-refractivity contribution in [3.63, 3.8) is 0 Å². The van der Waals surface area contributed by atoms with Crippen LogP contribution < -0.4 is 10.1 Å². The topological polar surface area (TPSA) is 65.0 Å². The third-order valence-corrected chi connectivity index (χ3v) is 8.55. The monoisotopic (exact) mass is 493 g/mol. The predicted molar refractivity (Wildman–Crippen MR) is 144 cm³/mol. The molecule has 0 aliphatic carbocycles. The number of hydrogen-bond acceptors (Lipinski definition) is 5. The Kier molecular flexibility index (Phi) is 8.26. The molecule has 2 aromatic carbocycles. The molecule has 1 amide bonds. The van der Waals surface area contributed by atoms with E-state index in [1.54, 1.807) is 13.2 Å². The summed E-state index contributed by atoms with van der Waals surface area (Å²) in [5.74, 6) is 2.15. The maximum absolute atomic E-state index is 13.0. The van der Waals surface area contributed by atoms with Gasteiger partial charge in [-0.15, -0.1) is 0 Å². The van der Waals surface area contributed by atoms with Crippen molar-refractivity contribution in [1.29, 1.82) is 0 Å². The Morgan fingerprint density at radius 3 is 2.67 bits per heavy atom. The molecule has 2 aliphatic rings. The van der Waals surface area contributed by atoms with Crippen molar-refractivity contribution < 1.29 is 14.6 Å². The van der Waals surface area contributed by atoms with Crippen LogP contribution in [-0.2, 0) is 23.2 Å². The second-order valence-corrected chi connectivity index (χ2v) is 11.4. The molecule has 0 unspecified atom stereocenters. The number of aromatic hydroxyl groups is 1. The maximum Gasteiger partial charge on any atom is 0.234 e. The van der Waals surface area contributed by atoms with Gasteiger partial charge in [0.15, 0.2) is 0 Å². The Morgan fingerprint density at radius 2 is 1.97 bits per heavy atom. The zero-order chi connectivity index (χ0) is 25.9. The smallest absolute Gasteiger partial charge is 0.234 e. The van der Waals surface area contributed by atoms with E-state index in [0.29, 0.717) is 24.1 Å². The van der Waals surface area contributed by atoms with Gasteiger partial charge in [0.05, 0.1) is 13.7 Å². The number of carbonyl (C=O) groups excluding carboxylic acids is 1. The molecule has 2 heterocycles. The predicted octanol–water partition coefficient (Wildman–Crippen LogP) is 4.20. The van der Waals surface area contributed by atoms with Gasteiger partial charge in [0, 0.05) is 32.2 Å². The lowest BCUT2D eigenvalue weighted by Crippen LogP contribution is -2.54. The SMILES string of the molecule is COc1ccc2c(c1)CCN(CC(=O)N[C@H](CN1CC[C@@](C)(c3cccc(O)c3)[C@@H](C)C1)C(C)C)C2. The van der Waals surface area contributed by atoms with Crippen LogP contribution in [0.25, 0.3) is 0 Å². The van der Waals surface area contributed by atoms with Crippen molar-refractivity contribution in [3.8, 4) is 11.5 Å². The lowest BCUT2D eigenvalue weighted by molar-refractivity contribution is -0.123. The Labute approximate surface area is 216 Å². The first-order valence-electron chi connectivity index (χ1n) is 13.4. The number of phenolic OH excluding ortho intramolecular Hbond substituents is 1. The molecule has 3 atom stereocenters. The molecule has 0 spiro atoms. The van der Waals surface area contributed by atoms with Crippen molar-refractivity contribution in [2.75, 3.05) is 39.8 Å². The van der Waals surface area contributed by atoms with Gasteiger partial charge >= 0.3 is 0 Å². The molecule has 1 fully saturated rings. The molecule has 4 rings (SSSR count). The van der Waals surface area contributed by atoms with Crippen LogP contribution >= 0.6 is 0 Å². The minimum atomic E-state index is 0.0421. The summed E-state index contributed by atoms with van der Waals surface area (Å²) in [6.45, 7) is 14.0. The summed E-state index contributed by atoms with van der Waals surface area (Å²) in [7, 11) is 1.70. The first kappa shape index (κ1) is 26.5. The molecule has 0 radical (unpaired) electrons. The average molecular weight is 494 g/mol. The summed E-state index contributed by atoms with van der Waals surface area (Å²) < 4.78 is 5.35. The van der Waals surface area contributed by atoms with E-state index >= 15 is 0 Å². The normalized spacial score (nSPS) is 23.8. The lowest BCUT2D eigenvalue weighted by Gasteiger charge is -2.46. The van der Waals surface area contributed by atoms with Gasteiger partial charge in [-0.25, -0.2) is 0 Å². The van der Waals surface area contributed by atoms with Crippen molar-refractivity contribution in [2.24, 2.45) is 11.8 Å². The number of piperidine rings is 1. The van der Waals surface area contributed by atoms with Gasteiger partial charge in [0.2, 0.25) is 5.91 Å². The molecule has 196 valence electrons. The summed E-state index contributed by atoms with van der Waals surface area (Å²) in [5, 5.41) is 13.3. The van der Waals surface area contributed by atoms with E-state index in [1.165, 1.54) is 16.7 Å². The van der Waals surface area contributed by atoms with Gasteiger partial charge in [0.25, 0.3) is 0 Å². The van der Waals surface area contributed by atoms with E-state index < -0.39 is 0 Å². The number of rotatable bonds is 8. The molecular formula is C30H43N3O3. The fourth-order valence-corrected chi connectivity index (χ4v) is 5.78. The Hall–Kier alpha value is -2.57. The molecule has 2 aliphatic heterocycles. The van der Waals surface area contributed by atoms with E-state index in [1.807, 2.05) is 18.2 Å². The molecule has 36 heavy (non-hydrogen) atoms. The van der Waals surface area contributed by atoms with Gasteiger partial charge in [-0.2, -0.15) is 0 Å². The molecule has 2 aromatic rings. The van der Waals surface area contributed by atoms with Crippen molar-refractivity contribution in [1.82, 2.24) is 15.1 Å². The minimum Gasteiger partial charge on any atom is -0.508 e. The fourth-order valence-electron chi connectivity index (χ4n) is 5.78. The molecule has 0 aromatic heterocycles. The van der Waals surface area contributed by atoms with Gasteiger partial charge < -0.3 is 20.1 Å². The highest BCUT2D eigenvalue weighted by Gasteiger charge is 2.38. The molecular weight excluding hydrogens is 450 g/mol. The van der Waals surface area contributed by atoms with E-state index in [0.717, 1.165) is 51.3 Å². The van der Waals surface area contributed by atoms with Gasteiger partial charge in [-0.05, 0) is 77.6 Å². The second kappa shape index (κ2) is 11.2. The number of hydrogen-bond donors (Lipinski definition) is 2. The second-order valence-electron chi connectivity index (χ2n) is 11.4. The summed E-state index contributed by atoms with van der Waals surface area (Å²) >= 11 is 0. The quantitative estimate of drug-likeness (QED) is 0.577. The first-order valence-corrected chi connectivity index (χ1v) is 13.4. The van der Waals surface area contributed by atoms with Crippen LogP contribution in [0.2, 0.25) is 0 Å². The number of carbonyl (C=O) groups is 1. The summed E-state index contributed by atoms with van der Waals surface area (Å²) in [6, 6.07) is 14.1. The van der Waals surface area contributed by atoms with Gasteiger partial charge in [0.1, 0.15) is 11.5 Å². The zero-order valence-corrected chi connectivity index (χ0v) is 22.6. The number of methoxy groups -OCH3 is 1. The standard InChI is InChI=1S/C30H43N3O3/c1-21(2)28(19-33-14-12-30(4,22(3)17-33)25-7-6-8-26(34)16-25)31-29(35)20-32-13-11-23-15-27(36-5)10-9-24(23)18-32/h6-10,15-16,21-22,28,34H,11-14,17-20H2,1-5H3,(H,31,35)/t22-,28+,30+/m0/s1. The number of nitrogens with zero attached hydrogens (tertiary/aromatic N) is 2. The highest BCUT2D eigenvalue weighted by molar-refractivity contribution is 5.78. The number of likely N-dealkylation sites (tertiary alicyclic amines) is 1. The molecule has 2 N–H and O–H groups in total. The van der Waals surface area contributed by atoms with E-state index in [4.69, 9.17) is 4.74 Å². The zero-order valence-electron chi connectivity index (χ0n) is 22.6. The van der Waals surface area contributed by atoms with Crippen LogP contribution in [0.3, 0.4) is 0 Å². The Morgan fingerprint density at radius 1 is 1.17 bits per heavy atom. The van der Waals surface area contributed by atoms with Gasteiger partial charge in [-0.3, -0.25) is 9.69 Å². The summed E-state index contributed by atoms with van der Waals surface area (Å²) in [5.41, 5.74) is 3.86. The fraction of sp³-hybridized carbons (Fsp3) is 0.567. The number of fused-ring (bicyclic) bond motifs is 1. The number of amides is 1. The van der Waals surface area contributed by atoms with Crippen LogP contribution in [0.1, 0.15) is 50.8 Å². The molecule has 0 saturated carbocycles. The van der Waals surface area contributed by atoms with Crippen LogP contribution in [0.5, 0.6) is 11.5 Å². The van der Waals surface area contributed by atoms with E-state index in [2.05, 4.69) is 61.0 Å². The summed E-state index contributed by atoms with van der Waals surface area (Å²) in [4.78, 5) is 17.8. The largest absolute Gasteiger partial charge is 0.508 e. The molecule has 0 bridgehead atoms. The highest BCUT2D eigenvalue weighted by Crippen LogP contribution is 2.40. The number of phenols is 1. The minimum absolute atomic E-state index is 0.0421. The lowest BCUT2D eigenvalue weighted by atomic mass is 9.68. The van der Waals surface area contributed by atoms with Crippen molar-refractivity contribution in [2.45, 2.75) is 58.5 Å².